The number of aliphatic imine (C=N–C) groups is 1. The average molecular weight is 404 g/mol. The summed E-state index contributed by atoms with van der Waals surface area (Å²) in [6.45, 7) is 2.48. The number of fused-ring (bicyclic) bond motifs is 1. The molecule has 0 bridgehead atoms. The smallest absolute Gasteiger partial charge is 0.223 e. The number of aliphatic hydroxyl groups is 1. The number of nitrogens with one attached hydrogen (secondary N) is 1. The maximum atomic E-state index is 12.2. The van der Waals surface area contributed by atoms with Gasteiger partial charge < -0.3 is 30.2 Å². The molecule has 1 unspecified atom stereocenters. The Labute approximate surface area is 167 Å². The molecule has 1 saturated heterocycles. The molecule has 2 aromatic rings. The third-order valence-corrected chi connectivity index (χ3v) is 6.07. The number of aliphatic hydroxyl groups excluding tert-OH is 1. The van der Waals surface area contributed by atoms with Crippen molar-refractivity contribution in [2.75, 3.05) is 45.7 Å². The van der Waals surface area contributed by atoms with Gasteiger partial charge in [0.2, 0.25) is 5.91 Å². The highest BCUT2D eigenvalue weighted by Gasteiger charge is 2.32. The summed E-state index contributed by atoms with van der Waals surface area (Å²) in [6, 6.07) is 5.75. The number of hydrogen-bond acceptors (Lipinski definition) is 7. The number of likely N-dealkylation sites (tertiary alicyclic amines) is 1. The molecular formula is C19H24N4O4S. The molecule has 8 nitrogen and oxygen atoms in total. The third kappa shape index (κ3) is 3.96. The zero-order valence-corrected chi connectivity index (χ0v) is 16.5. The van der Waals surface area contributed by atoms with Gasteiger partial charge in [0.05, 0.1) is 36.2 Å². The Morgan fingerprint density at radius 2 is 2.21 bits per heavy atom. The van der Waals surface area contributed by atoms with Crippen LogP contribution < -0.4 is 10.5 Å². The van der Waals surface area contributed by atoms with Crippen LogP contribution in [0.3, 0.4) is 0 Å². The van der Waals surface area contributed by atoms with Gasteiger partial charge >= 0.3 is 0 Å². The zero-order valence-electron chi connectivity index (χ0n) is 15.7. The molecule has 4 N–H and O–H groups in total. The minimum absolute atomic E-state index is 0.0815. The highest BCUT2D eigenvalue weighted by Crippen LogP contribution is 2.33. The molecule has 150 valence electrons. The van der Waals surface area contributed by atoms with Gasteiger partial charge in [-0.3, -0.25) is 9.79 Å². The molecule has 3 heterocycles. The van der Waals surface area contributed by atoms with Crippen LogP contribution in [0.5, 0.6) is 5.75 Å². The Morgan fingerprint density at radius 1 is 1.39 bits per heavy atom. The summed E-state index contributed by atoms with van der Waals surface area (Å²) in [7, 11) is 1.63. The van der Waals surface area contributed by atoms with Crippen LogP contribution >= 0.6 is 11.8 Å². The van der Waals surface area contributed by atoms with Gasteiger partial charge in [-0.05, 0) is 12.1 Å². The van der Waals surface area contributed by atoms with Crippen LogP contribution in [0.2, 0.25) is 0 Å². The maximum absolute atomic E-state index is 12.2. The fourth-order valence-corrected chi connectivity index (χ4v) is 4.42. The number of aromatic nitrogens is 1. The molecule has 1 amide bonds. The van der Waals surface area contributed by atoms with E-state index >= 15 is 0 Å². The summed E-state index contributed by atoms with van der Waals surface area (Å²) in [5.41, 5.74) is 8.54. The second kappa shape index (κ2) is 8.02. The number of carbonyl (C=O) groups is 1. The lowest BCUT2D eigenvalue weighted by Gasteiger charge is -2.36. The third-order valence-electron chi connectivity index (χ3n) is 4.85. The van der Waals surface area contributed by atoms with Gasteiger partial charge in [-0.25, -0.2) is 0 Å². The van der Waals surface area contributed by atoms with Gasteiger partial charge in [0.15, 0.2) is 0 Å². The molecule has 0 saturated carbocycles. The van der Waals surface area contributed by atoms with Crippen molar-refractivity contribution in [2.24, 2.45) is 4.99 Å². The first-order chi connectivity index (χ1) is 13.5. The highest BCUT2D eigenvalue weighted by molar-refractivity contribution is 8.15. The van der Waals surface area contributed by atoms with E-state index in [2.05, 4.69) is 9.98 Å². The standard InChI is InChI=1S/C19H24N4O4S/c1-26-2-3-27-13-4-11-5-16(22-18(11)15(20)6-13)19-21-8-14(28-19)7-17(25)23-9-12(24)10-23/h4-6,12,14,22,24H,2-3,7-10,20H2,1H3. The number of amides is 1. The summed E-state index contributed by atoms with van der Waals surface area (Å²) in [5, 5.41) is 11.3. The Morgan fingerprint density at radius 3 is 2.96 bits per heavy atom. The van der Waals surface area contributed by atoms with Crippen LogP contribution in [-0.4, -0.2) is 77.3 Å². The zero-order chi connectivity index (χ0) is 19.7. The first-order valence-corrected chi connectivity index (χ1v) is 10.1. The number of aromatic amines is 1. The Kier molecular flexibility index (Phi) is 5.47. The lowest BCUT2D eigenvalue weighted by Crippen LogP contribution is -2.53. The fraction of sp³-hybridized carbons (Fsp3) is 0.474. The van der Waals surface area contributed by atoms with E-state index in [1.165, 1.54) is 0 Å². The van der Waals surface area contributed by atoms with Crippen LogP contribution in [0.25, 0.3) is 10.9 Å². The number of nitrogens with two attached hydrogens (primary N) is 1. The highest BCUT2D eigenvalue weighted by atomic mass is 32.2. The Balaban J connectivity index is 1.41. The van der Waals surface area contributed by atoms with Crippen molar-refractivity contribution in [3.05, 3.63) is 23.9 Å². The van der Waals surface area contributed by atoms with E-state index in [1.807, 2.05) is 12.1 Å². The molecule has 1 aromatic carbocycles. The number of nitrogens with zero attached hydrogens (tertiary/aromatic N) is 2. The minimum atomic E-state index is -0.368. The van der Waals surface area contributed by atoms with Crippen molar-refractivity contribution < 1.29 is 19.4 Å². The molecule has 2 aliphatic rings. The summed E-state index contributed by atoms with van der Waals surface area (Å²) in [4.78, 5) is 21.8. The number of carbonyl (C=O) groups excluding carboxylic acids is 1. The largest absolute Gasteiger partial charge is 0.491 e. The van der Waals surface area contributed by atoms with E-state index in [4.69, 9.17) is 15.2 Å². The van der Waals surface area contributed by atoms with Crippen LogP contribution in [-0.2, 0) is 9.53 Å². The lowest BCUT2D eigenvalue weighted by molar-refractivity contribution is -0.141. The molecule has 0 radical (unpaired) electrons. The van der Waals surface area contributed by atoms with E-state index in [0.29, 0.717) is 50.7 Å². The van der Waals surface area contributed by atoms with E-state index in [0.717, 1.165) is 21.6 Å². The monoisotopic (exact) mass is 404 g/mol. The van der Waals surface area contributed by atoms with Crippen molar-refractivity contribution in [1.82, 2.24) is 9.88 Å². The second-order valence-electron chi connectivity index (χ2n) is 7.04. The van der Waals surface area contributed by atoms with Crippen molar-refractivity contribution in [3.8, 4) is 5.75 Å². The Hall–Kier alpha value is -2.23. The number of hydrogen-bond donors (Lipinski definition) is 3. The minimum Gasteiger partial charge on any atom is -0.491 e. The summed E-state index contributed by atoms with van der Waals surface area (Å²) < 4.78 is 10.7. The molecule has 1 atom stereocenters. The molecule has 4 rings (SSSR count). The van der Waals surface area contributed by atoms with Crippen LogP contribution in [0.4, 0.5) is 5.69 Å². The van der Waals surface area contributed by atoms with Gasteiger partial charge in [0.1, 0.15) is 17.4 Å². The molecular weight excluding hydrogens is 380 g/mol. The molecule has 2 aliphatic heterocycles. The summed E-state index contributed by atoms with van der Waals surface area (Å²) in [5.74, 6) is 0.784. The van der Waals surface area contributed by atoms with Crippen LogP contribution in [0.1, 0.15) is 12.1 Å². The normalized spacial score (nSPS) is 19.7. The molecule has 9 heteroatoms. The first kappa shape index (κ1) is 19.1. The average Bonchev–Trinajstić information content (AvgIpc) is 3.26. The van der Waals surface area contributed by atoms with Gasteiger partial charge in [-0.1, -0.05) is 11.8 Å². The molecule has 28 heavy (non-hydrogen) atoms. The van der Waals surface area contributed by atoms with Gasteiger partial charge in [-0.2, -0.15) is 0 Å². The van der Waals surface area contributed by atoms with Crippen molar-refractivity contribution in [1.29, 1.82) is 0 Å². The molecule has 1 aromatic heterocycles. The Bertz CT molecular complexity index is 907. The van der Waals surface area contributed by atoms with E-state index in [9.17, 15) is 9.90 Å². The fourth-order valence-electron chi connectivity index (χ4n) is 3.34. The summed E-state index contributed by atoms with van der Waals surface area (Å²) >= 11 is 1.61. The number of H-pyrrole nitrogens is 1. The number of methoxy groups -OCH3 is 1. The molecule has 1 fully saturated rings. The van der Waals surface area contributed by atoms with E-state index < -0.39 is 0 Å². The van der Waals surface area contributed by atoms with Gasteiger partial charge in [0.25, 0.3) is 0 Å². The SMILES string of the molecule is COCCOc1cc(N)c2[nH]c(C3=NCC(CC(=O)N4CC(O)C4)S3)cc2c1. The summed E-state index contributed by atoms with van der Waals surface area (Å²) in [6.07, 6.45) is 0.0664. The number of anilines is 1. The van der Waals surface area contributed by atoms with Gasteiger partial charge in [-0.15, -0.1) is 0 Å². The number of benzene rings is 1. The molecule has 0 aliphatic carbocycles. The van der Waals surface area contributed by atoms with Crippen molar-refractivity contribution >= 4 is 39.3 Å². The predicted octanol–water partition coefficient (Wildman–Crippen LogP) is 1.23. The van der Waals surface area contributed by atoms with Crippen LogP contribution in [0, 0.1) is 0 Å². The number of rotatable bonds is 7. The number of β-amino-alcohol motifs (C(OH)–C–C–N with tert-alkyl or cyclic N) is 1. The van der Waals surface area contributed by atoms with Crippen molar-refractivity contribution in [2.45, 2.75) is 17.8 Å². The van der Waals surface area contributed by atoms with Gasteiger partial charge in [0, 0.05) is 43.3 Å². The second-order valence-corrected chi connectivity index (χ2v) is 8.33. The number of ether oxygens (including phenoxy) is 2. The number of thioether (sulfide) groups is 1. The topological polar surface area (TPSA) is 113 Å². The van der Waals surface area contributed by atoms with E-state index in [-0.39, 0.29) is 17.3 Å². The van der Waals surface area contributed by atoms with Crippen LogP contribution in [0.15, 0.2) is 23.2 Å². The molecule has 0 spiro atoms. The first-order valence-electron chi connectivity index (χ1n) is 9.25. The quantitative estimate of drug-likeness (QED) is 0.473. The maximum Gasteiger partial charge on any atom is 0.223 e. The number of nitrogen functional groups attached to an aromatic ring is 1. The van der Waals surface area contributed by atoms with E-state index in [1.54, 1.807) is 29.8 Å². The predicted molar refractivity (Wildman–Crippen MR) is 110 cm³/mol. The van der Waals surface area contributed by atoms with Crippen molar-refractivity contribution in [3.63, 3.8) is 0 Å². The lowest BCUT2D eigenvalue weighted by atomic mass is 10.1.